The van der Waals surface area contributed by atoms with Gasteiger partial charge in [-0.2, -0.15) is 0 Å². The zero-order valence-corrected chi connectivity index (χ0v) is 9.31. The number of nitrogens with one attached hydrogen (secondary N) is 2. The Balaban J connectivity index is 1.84. The summed E-state index contributed by atoms with van der Waals surface area (Å²) in [6, 6.07) is 1.06. The summed E-state index contributed by atoms with van der Waals surface area (Å²) in [5, 5.41) is 10.2. The van der Waals surface area contributed by atoms with E-state index in [9.17, 15) is 0 Å². The van der Waals surface area contributed by atoms with Crippen LogP contribution in [0.4, 0.5) is 0 Å². The Labute approximate surface area is 88.9 Å². The van der Waals surface area contributed by atoms with Gasteiger partial charge in [-0.25, -0.2) is 4.98 Å². The molecule has 0 radical (unpaired) electrons. The second-order valence-electron chi connectivity index (χ2n) is 3.78. The summed E-state index contributed by atoms with van der Waals surface area (Å²) in [4.78, 5) is 4.32. The molecule has 1 aliphatic heterocycles. The van der Waals surface area contributed by atoms with Crippen LogP contribution in [0.3, 0.4) is 0 Å². The SMILES string of the molecule is C[C@H](NC1CCNCC1)c1nccs1. The van der Waals surface area contributed by atoms with Gasteiger partial charge in [0.2, 0.25) is 0 Å². The smallest absolute Gasteiger partial charge is 0.109 e. The van der Waals surface area contributed by atoms with Crippen molar-refractivity contribution in [1.82, 2.24) is 15.6 Å². The predicted molar refractivity (Wildman–Crippen MR) is 59.6 cm³/mol. The van der Waals surface area contributed by atoms with Crippen LogP contribution in [-0.4, -0.2) is 24.1 Å². The first kappa shape index (κ1) is 10.1. The highest BCUT2D eigenvalue weighted by molar-refractivity contribution is 7.09. The highest BCUT2D eigenvalue weighted by Crippen LogP contribution is 2.17. The highest BCUT2D eigenvalue weighted by atomic mass is 32.1. The van der Waals surface area contributed by atoms with Crippen molar-refractivity contribution in [3.8, 4) is 0 Å². The first-order chi connectivity index (χ1) is 6.86. The quantitative estimate of drug-likeness (QED) is 0.796. The van der Waals surface area contributed by atoms with Crippen LogP contribution in [0.5, 0.6) is 0 Å². The molecule has 0 aromatic carbocycles. The van der Waals surface area contributed by atoms with Crippen LogP contribution < -0.4 is 10.6 Å². The minimum atomic E-state index is 0.401. The highest BCUT2D eigenvalue weighted by Gasteiger charge is 2.16. The van der Waals surface area contributed by atoms with Gasteiger partial charge in [-0.05, 0) is 32.9 Å². The number of nitrogens with zero attached hydrogens (tertiary/aromatic N) is 1. The normalized spacial score (nSPS) is 20.9. The average Bonchev–Trinajstić information content (AvgIpc) is 2.72. The molecule has 1 fully saturated rings. The van der Waals surface area contributed by atoms with Gasteiger partial charge in [0.1, 0.15) is 5.01 Å². The molecule has 2 rings (SSSR count). The molecular weight excluding hydrogens is 194 g/mol. The maximum absolute atomic E-state index is 4.32. The minimum absolute atomic E-state index is 0.401. The summed E-state index contributed by atoms with van der Waals surface area (Å²) in [6.07, 6.45) is 4.34. The van der Waals surface area contributed by atoms with Crippen molar-refractivity contribution in [3.63, 3.8) is 0 Å². The van der Waals surface area contributed by atoms with Crippen LogP contribution in [0.15, 0.2) is 11.6 Å². The minimum Gasteiger partial charge on any atom is -0.317 e. The van der Waals surface area contributed by atoms with Crippen molar-refractivity contribution in [1.29, 1.82) is 0 Å². The lowest BCUT2D eigenvalue weighted by Gasteiger charge is -2.26. The molecule has 4 heteroatoms. The molecular formula is C10H17N3S. The Hall–Kier alpha value is -0.450. The van der Waals surface area contributed by atoms with Gasteiger partial charge in [0.05, 0.1) is 6.04 Å². The van der Waals surface area contributed by atoms with Crippen molar-refractivity contribution < 1.29 is 0 Å². The van der Waals surface area contributed by atoms with Gasteiger partial charge in [0.15, 0.2) is 0 Å². The topological polar surface area (TPSA) is 37.0 Å². The van der Waals surface area contributed by atoms with Crippen LogP contribution in [-0.2, 0) is 0 Å². The number of rotatable bonds is 3. The molecule has 1 atom stereocenters. The Morgan fingerprint density at radius 2 is 2.36 bits per heavy atom. The Morgan fingerprint density at radius 3 is 3.00 bits per heavy atom. The van der Waals surface area contributed by atoms with E-state index in [1.54, 1.807) is 11.3 Å². The van der Waals surface area contributed by atoms with Gasteiger partial charge in [-0.1, -0.05) is 0 Å². The molecule has 0 saturated carbocycles. The van der Waals surface area contributed by atoms with Gasteiger partial charge < -0.3 is 10.6 Å². The lowest BCUT2D eigenvalue weighted by Crippen LogP contribution is -2.40. The van der Waals surface area contributed by atoms with Gasteiger partial charge >= 0.3 is 0 Å². The third-order valence-corrected chi connectivity index (χ3v) is 3.60. The molecule has 2 N–H and O–H groups in total. The number of thiazole rings is 1. The molecule has 78 valence electrons. The van der Waals surface area contributed by atoms with E-state index >= 15 is 0 Å². The molecule has 3 nitrogen and oxygen atoms in total. The third-order valence-electron chi connectivity index (χ3n) is 2.65. The Morgan fingerprint density at radius 1 is 1.57 bits per heavy atom. The van der Waals surface area contributed by atoms with E-state index in [-0.39, 0.29) is 0 Å². The maximum Gasteiger partial charge on any atom is 0.109 e. The van der Waals surface area contributed by atoms with Crippen LogP contribution in [0.1, 0.15) is 30.8 Å². The van der Waals surface area contributed by atoms with E-state index in [0.29, 0.717) is 12.1 Å². The van der Waals surface area contributed by atoms with Crippen LogP contribution in [0.25, 0.3) is 0 Å². The summed E-state index contributed by atoms with van der Waals surface area (Å²) in [6.45, 7) is 4.48. The second-order valence-corrected chi connectivity index (χ2v) is 4.71. The standard InChI is InChI=1S/C10H17N3S/c1-8(10-12-6-7-14-10)13-9-2-4-11-5-3-9/h6-9,11,13H,2-5H2,1H3/t8-/m0/s1. The monoisotopic (exact) mass is 211 g/mol. The second kappa shape index (κ2) is 4.87. The summed E-state index contributed by atoms with van der Waals surface area (Å²) in [7, 11) is 0. The van der Waals surface area contributed by atoms with Crippen molar-refractivity contribution in [2.24, 2.45) is 0 Å². The van der Waals surface area contributed by atoms with E-state index in [4.69, 9.17) is 0 Å². The number of hydrogen-bond acceptors (Lipinski definition) is 4. The van der Waals surface area contributed by atoms with Gasteiger partial charge in [-0.15, -0.1) is 11.3 Å². The molecule has 2 heterocycles. The molecule has 0 unspecified atom stereocenters. The van der Waals surface area contributed by atoms with E-state index in [1.807, 2.05) is 11.6 Å². The largest absolute Gasteiger partial charge is 0.317 e. The molecule has 1 saturated heterocycles. The first-order valence-corrected chi connectivity index (χ1v) is 6.10. The molecule has 1 aliphatic rings. The van der Waals surface area contributed by atoms with Crippen molar-refractivity contribution in [2.75, 3.05) is 13.1 Å². The van der Waals surface area contributed by atoms with Crippen molar-refractivity contribution in [3.05, 3.63) is 16.6 Å². The molecule has 0 amide bonds. The molecule has 14 heavy (non-hydrogen) atoms. The van der Waals surface area contributed by atoms with Gasteiger partial charge in [0.25, 0.3) is 0 Å². The molecule has 1 aromatic heterocycles. The number of aromatic nitrogens is 1. The summed E-state index contributed by atoms with van der Waals surface area (Å²) >= 11 is 1.73. The summed E-state index contributed by atoms with van der Waals surface area (Å²) in [5.41, 5.74) is 0. The zero-order valence-electron chi connectivity index (χ0n) is 8.49. The molecule has 0 spiro atoms. The van der Waals surface area contributed by atoms with Crippen LogP contribution >= 0.6 is 11.3 Å². The predicted octanol–water partition coefficient (Wildman–Crippen LogP) is 1.55. The van der Waals surface area contributed by atoms with Gasteiger partial charge in [0, 0.05) is 17.6 Å². The molecule has 0 aliphatic carbocycles. The lowest BCUT2D eigenvalue weighted by molar-refractivity contribution is 0.359. The fourth-order valence-electron chi connectivity index (χ4n) is 1.86. The molecule has 0 bridgehead atoms. The van der Waals surface area contributed by atoms with E-state index in [0.717, 1.165) is 13.1 Å². The maximum atomic E-state index is 4.32. The summed E-state index contributed by atoms with van der Waals surface area (Å²) < 4.78 is 0. The summed E-state index contributed by atoms with van der Waals surface area (Å²) in [5.74, 6) is 0. The molecule has 1 aromatic rings. The fraction of sp³-hybridized carbons (Fsp3) is 0.700. The van der Waals surface area contributed by atoms with Gasteiger partial charge in [-0.3, -0.25) is 0 Å². The van der Waals surface area contributed by atoms with E-state index < -0.39 is 0 Å². The van der Waals surface area contributed by atoms with E-state index in [1.165, 1.54) is 17.8 Å². The fourth-order valence-corrected chi connectivity index (χ4v) is 2.52. The number of piperidine rings is 1. The number of hydrogen-bond donors (Lipinski definition) is 2. The Bertz CT molecular complexity index is 254. The first-order valence-electron chi connectivity index (χ1n) is 5.22. The van der Waals surface area contributed by atoms with Crippen LogP contribution in [0.2, 0.25) is 0 Å². The lowest BCUT2D eigenvalue weighted by atomic mass is 10.1. The van der Waals surface area contributed by atoms with Crippen molar-refractivity contribution in [2.45, 2.75) is 31.8 Å². The Kier molecular flexibility index (Phi) is 3.50. The third kappa shape index (κ3) is 2.53. The van der Waals surface area contributed by atoms with Crippen molar-refractivity contribution >= 4 is 11.3 Å². The zero-order chi connectivity index (χ0) is 9.80. The van der Waals surface area contributed by atoms with Crippen LogP contribution in [0, 0.1) is 0 Å². The van der Waals surface area contributed by atoms with E-state index in [2.05, 4.69) is 22.5 Å². The average molecular weight is 211 g/mol.